The van der Waals surface area contributed by atoms with Gasteiger partial charge < -0.3 is 10.1 Å². The van der Waals surface area contributed by atoms with E-state index in [-0.39, 0.29) is 0 Å². The maximum atomic E-state index is 5.71. The monoisotopic (exact) mass is 136 g/mol. The maximum absolute atomic E-state index is 5.71. The third-order valence-electron chi connectivity index (χ3n) is 2.55. The first-order chi connectivity index (χ1) is 4.84. The Labute approximate surface area is 63.4 Å². The van der Waals surface area contributed by atoms with E-state index in [1.54, 1.807) is 0 Å². The Morgan fingerprint density at radius 3 is 2.90 bits per heavy atom. The third-order valence-corrected chi connectivity index (χ3v) is 2.55. The van der Waals surface area contributed by atoms with Crippen molar-refractivity contribution in [2.24, 2.45) is 0 Å². The summed E-state index contributed by atoms with van der Waals surface area (Å²) in [6, 6.07) is 1.44. The first-order valence-corrected chi connectivity index (χ1v) is 4.10. The summed E-state index contributed by atoms with van der Waals surface area (Å²) >= 11 is 0. The lowest BCUT2D eigenvalue weighted by Crippen LogP contribution is -2.33. The van der Waals surface area contributed by atoms with Crippen LogP contribution in [0.4, 0.5) is 0 Å². The van der Waals surface area contributed by atoms with Crippen LogP contribution in [0.3, 0.4) is 0 Å². The van der Waals surface area contributed by atoms with Gasteiger partial charge in [0.2, 0.25) is 0 Å². The van der Waals surface area contributed by atoms with Crippen LogP contribution in [0.25, 0.3) is 0 Å². The molecule has 2 rings (SSSR count). The zero-order chi connectivity index (χ0) is 6.97. The van der Waals surface area contributed by atoms with Crippen LogP contribution >= 0.6 is 0 Å². The Balaban J connectivity index is 1.99. The van der Waals surface area contributed by atoms with E-state index in [2.05, 4.69) is 5.32 Å². The van der Waals surface area contributed by atoms with E-state index in [1.807, 2.05) is 4.81 Å². The quantitative estimate of drug-likeness (QED) is 0.467. The van der Waals surface area contributed by atoms with Gasteiger partial charge in [0.05, 0.1) is 0 Å². The predicted octanol–water partition coefficient (Wildman–Crippen LogP) is -0.104. The Bertz CT molecular complexity index is 129. The van der Waals surface area contributed by atoms with Gasteiger partial charge in [-0.15, -0.1) is 0 Å². The highest BCUT2D eigenvalue weighted by molar-refractivity contribution is 6.04. The fourth-order valence-corrected chi connectivity index (χ4v) is 1.97. The van der Waals surface area contributed by atoms with E-state index in [4.69, 9.17) is 7.98 Å². The van der Waals surface area contributed by atoms with Crippen molar-refractivity contribution < 1.29 is 0 Å². The number of hydrogen-bond donors (Lipinski definition) is 1. The molecule has 0 saturated carbocycles. The van der Waals surface area contributed by atoms with Crippen LogP contribution in [0.5, 0.6) is 0 Å². The highest BCUT2D eigenvalue weighted by Crippen LogP contribution is 2.18. The largest absolute Gasteiger partial charge is 0.352 e. The lowest BCUT2D eigenvalue weighted by atomic mass is 10.1. The lowest BCUT2D eigenvalue weighted by Gasteiger charge is -2.18. The Hall–Kier alpha value is -0.0151. The highest BCUT2D eigenvalue weighted by Gasteiger charge is 2.27. The second-order valence-electron chi connectivity index (χ2n) is 3.42. The van der Waals surface area contributed by atoms with E-state index in [0.29, 0.717) is 6.04 Å². The van der Waals surface area contributed by atoms with Crippen molar-refractivity contribution in [2.75, 3.05) is 13.1 Å². The molecule has 0 aliphatic carbocycles. The van der Waals surface area contributed by atoms with Crippen LogP contribution in [0, 0.1) is 0 Å². The van der Waals surface area contributed by atoms with Gasteiger partial charge in [-0.1, -0.05) is 0 Å². The number of hydrogen-bond acceptors (Lipinski definition) is 2. The smallest absolute Gasteiger partial charge is 0.182 e. The molecule has 0 aromatic rings. The molecule has 2 bridgehead atoms. The van der Waals surface area contributed by atoms with Gasteiger partial charge in [0.15, 0.2) is 7.98 Å². The molecule has 54 valence electrons. The van der Waals surface area contributed by atoms with E-state index in [9.17, 15) is 0 Å². The van der Waals surface area contributed by atoms with Crippen LogP contribution in [-0.4, -0.2) is 38.0 Å². The molecule has 2 aliphatic heterocycles. The molecule has 0 aromatic heterocycles. The molecule has 10 heavy (non-hydrogen) atoms. The van der Waals surface area contributed by atoms with Crippen LogP contribution < -0.4 is 5.32 Å². The molecule has 2 nitrogen and oxygen atoms in total. The van der Waals surface area contributed by atoms with Gasteiger partial charge in [-0.05, 0) is 25.8 Å². The van der Waals surface area contributed by atoms with Crippen LogP contribution in [-0.2, 0) is 0 Å². The minimum Gasteiger partial charge on any atom is -0.352 e. The van der Waals surface area contributed by atoms with Crippen molar-refractivity contribution in [1.29, 1.82) is 0 Å². The predicted molar refractivity (Wildman–Crippen MR) is 41.9 cm³/mol. The van der Waals surface area contributed by atoms with Gasteiger partial charge >= 0.3 is 0 Å². The molecular formula is C7H13BN2. The molecule has 2 unspecified atom stereocenters. The zero-order valence-corrected chi connectivity index (χ0v) is 6.21. The van der Waals surface area contributed by atoms with Crippen molar-refractivity contribution in [1.82, 2.24) is 10.1 Å². The number of fused-ring (bicyclic) bond motifs is 2. The molecular weight excluding hydrogens is 123 g/mol. The fraction of sp³-hybridized carbons (Fsp3) is 1.00. The van der Waals surface area contributed by atoms with Crippen LogP contribution in [0.1, 0.15) is 19.3 Å². The zero-order valence-electron chi connectivity index (χ0n) is 6.21. The molecule has 2 fully saturated rings. The minimum atomic E-state index is 0.678. The van der Waals surface area contributed by atoms with Gasteiger partial charge in [-0.3, -0.25) is 0 Å². The van der Waals surface area contributed by atoms with E-state index >= 15 is 0 Å². The number of nitrogens with zero attached hydrogens (tertiary/aromatic N) is 1. The van der Waals surface area contributed by atoms with Gasteiger partial charge in [-0.25, -0.2) is 0 Å². The summed E-state index contributed by atoms with van der Waals surface area (Å²) in [6.07, 6.45) is 3.91. The molecule has 2 radical (unpaired) electrons. The average Bonchev–Trinajstić information content (AvgIpc) is 2.22. The average molecular weight is 136 g/mol. The Kier molecular flexibility index (Phi) is 1.70. The Morgan fingerprint density at radius 2 is 2.00 bits per heavy atom. The molecule has 0 amide bonds. The standard InChI is InChI=1S/C7H13BN2/c8-10-4-3-6-1-2-7(5-10)9-6/h6-7,9H,1-5H2. The van der Waals surface area contributed by atoms with Crippen LogP contribution in [0.15, 0.2) is 0 Å². The van der Waals surface area contributed by atoms with E-state index in [0.717, 1.165) is 19.1 Å². The van der Waals surface area contributed by atoms with Crippen molar-refractivity contribution in [3.63, 3.8) is 0 Å². The molecule has 0 spiro atoms. The van der Waals surface area contributed by atoms with E-state index < -0.39 is 0 Å². The normalized spacial score (nSPS) is 41.6. The van der Waals surface area contributed by atoms with E-state index in [1.165, 1.54) is 19.3 Å². The summed E-state index contributed by atoms with van der Waals surface area (Å²) in [5.41, 5.74) is 0. The molecule has 0 aromatic carbocycles. The summed E-state index contributed by atoms with van der Waals surface area (Å²) < 4.78 is 0. The summed E-state index contributed by atoms with van der Waals surface area (Å²) in [6.45, 7) is 2.10. The van der Waals surface area contributed by atoms with Crippen molar-refractivity contribution >= 4 is 7.98 Å². The van der Waals surface area contributed by atoms with Crippen molar-refractivity contribution in [2.45, 2.75) is 31.3 Å². The molecule has 1 N–H and O–H groups in total. The van der Waals surface area contributed by atoms with Crippen molar-refractivity contribution in [3.8, 4) is 0 Å². The fourth-order valence-electron chi connectivity index (χ4n) is 1.97. The topological polar surface area (TPSA) is 15.3 Å². The summed E-state index contributed by atoms with van der Waals surface area (Å²) in [7, 11) is 5.71. The second kappa shape index (κ2) is 2.55. The SMILES string of the molecule is [B]N1CCC2CCC(C1)N2. The van der Waals surface area contributed by atoms with Gasteiger partial charge in [0.1, 0.15) is 0 Å². The molecule has 3 heteroatoms. The number of nitrogens with one attached hydrogen (secondary N) is 1. The van der Waals surface area contributed by atoms with Crippen LogP contribution in [0.2, 0.25) is 0 Å². The van der Waals surface area contributed by atoms with Gasteiger partial charge in [-0.2, -0.15) is 0 Å². The molecule has 2 atom stereocenters. The lowest BCUT2D eigenvalue weighted by molar-refractivity contribution is 0.412. The highest BCUT2D eigenvalue weighted by atomic mass is 15.1. The van der Waals surface area contributed by atoms with Gasteiger partial charge in [0, 0.05) is 18.6 Å². The molecule has 2 aliphatic rings. The minimum absolute atomic E-state index is 0.678. The first kappa shape index (κ1) is 6.68. The first-order valence-electron chi connectivity index (χ1n) is 4.10. The summed E-state index contributed by atoms with van der Waals surface area (Å²) in [5.74, 6) is 0. The molecule has 2 saturated heterocycles. The van der Waals surface area contributed by atoms with Gasteiger partial charge in [0.25, 0.3) is 0 Å². The summed E-state index contributed by atoms with van der Waals surface area (Å²) in [5, 5.41) is 3.56. The second-order valence-corrected chi connectivity index (χ2v) is 3.42. The Morgan fingerprint density at radius 1 is 1.20 bits per heavy atom. The number of rotatable bonds is 0. The van der Waals surface area contributed by atoms with Crippen molar-refractivity contribution in [3.05, 3.63) is 0 Å². The summed E-state index contributed by atoms with van der Waals surface area (Å²) in [4.78, 5) is 1.94. The maximum Gasteiger partial charge on any atom is 0.182 e. The molecule has 2 heterocycles. The third kappa shape index (κ3) is 1.20.